The van der Waals surface area contributed by atoms with Gasteiger partial charge < -0.3 is 18.9 Å². The summed E-state index contributed by atoms with van der Waals surface area (Å²) in [5.41, 5.74) is 5.81. The molecule has 0 bridgehead atoms. The molecule has 0 spiro atoms. The van der Waals surface area contributed by atoms with Crippen LogP contribution in [0, 0.1) is 0 Å². The van der Waals surface area contributed by atoms with Gasteiger partial charge in [0.25, 0.3) is 0 Å². The van der Waals surface area contributed by atoms with Crippen LogP contribution in [-0.4, -0.2) is 46.3 Å². The van der Waals surface area contributed by atoms with Gasteiger partial charge in [-0.05, 0) is 134 Å². The minimum atomic E-state index is -1.11. The van der Waals surface area contributed by atoms with Crippen molar-refractivity contribution in [3.05, 3.63) is 167 Å². The van der Waals surface area contributed by atoms with Crippen LogP contribution in [0.15, 0.2) is 146 Å². The molecular formula is C46H42Cl2N2O6. The summed E-state index contributed by atoms with van der Waals surface area (Å²) in [6, 6.07) is 37.9. The molecule has 0 N–H and O–H groups in total. The lowest BCUT2D eigenvalue weighted by molar-refractivity contribution is -0.179. The maximum atomic E-state index is 13.5. The number of hydrogen-bond acceptors (Lipinski definition) is 8. The van der Waals surface area contributed by atoms with Crippen molar-refractivity contribution in [1.82, 2.24) is 9.97 Å². The van der Waals surface area contributed by atoms with E-state index in [9.17, 15) is 9.59 Å². The summed E-state index contributed by atoms with van der Waals surface area (Å²) in [6.45, 7) is 3.61. The highest BCUT2D eigenvalue weighted by Crippen LogP contribution is 2.28. The molecule has 6 rings (SSSR count). The van der Waals surface area contributed by atoms with Gasteiger partial charge in [-0.2, -0.15) is 0 Å². The van der Waals surface area contributed by atoms with E-state index in [0.29, 0.717) is 47.2 Å². The van der Waals surface area contributed by atoms with Crippen molar-refractivity contribution in [1.29, 1.82) is 0 Å². The predicted octanol–water partition coefficient (Wildman–Crippen LogP) is 10.4. The summed E-state index contributed by atoms with van der Waals surface area (Å²) < 4.78 is 24.3. The van der Waals surface area contributed by atoms with Gasteiger partial charge in [-0.25, -0.2) is 9.59 Å². The highest BCUT2D eigenvalue weighted by Gasteiger charge is 2.32. The molecule has 0 amide bonds. The average Bonchev–Trinajstić information content (AvgIpc) is 3.22. The van der Waals surface area contributed by atoms with Gasteiger partial charge in [-0.15, -0.1) is 0 Å². The van der Waals surface area contributed by atoms with Crippen LogP contribution in [0.5, 0.6) is 11.5 Å². The molecular weight excluding hydrogens is 747 g/mol. The lowest BCUT2D eigenvalue weighted by atomic mass is 10.0. The number of rotatable bonds is 16. The van der Waals surface area contributed by atoms with Crippen LogP contribution in [-0.2, 0) is 31.9 Å². The topological polar surface area (TPSA) is 96.8 Å². The molecule has 4 aromatic carbocycles. The summed E-state index contributed by atoms with van der Waals surface area (Å²) in [7, 11) is 0. The Balaban J connectivity index is 1.13. The van der Waals surface area contributed by atoms with Gasteiger partial charge in [-0.1, -0.05) is 83.9 Å². The Morgan fingerprint density at radius 1 is 0.536 bits per heavy atom. The number of carbonyl (C=O) groups is 2. The highest BCUT2D eigenvalue weighted by atomic mass is 35.5. The molecule has 0 saturated carbocycles. The number of aryl methyl sites for hydroxylation is 2. The molecule has 6 aromatic rings. The molecule has 0 fully saturated rings. The quantitative estimate of drug-likeness (QED) is 0.0706. The van der Waals surface area contributed by atoms with Crippen molar-refractivity contribution in [2.45, 2.75) is 63.9 Å². The third kappa shape index (κ3) is 11.7. The largest absolute Gasteiger partial charge is 0.487 e. The first kappa shape index (κ1) is 40.0. The summed E-state index contributed by atoms with van der Waals surface area (Å²) in [5.74, 6) is -1.07. The number of carbonyl (C=O) groups excluding carboxylic acids is 2. The zero-order valence-electron chi connectivity index (χ0n) is 31.1. The smallest absolute Gasteiger partial charge is 0.417 e. The minimum Gasteiger partial charge on any atom is -0.487 e. The van der Waals surface area contributed by atoms with Crippen molar-refractivity contribution in [2.24, 2.45) is 0 Å². The molecule has 0 aliphatic heterocycles. The second kappa shape index (κ2) is 19.8. The van der Waals surface area contributed by atoms with E-state index in [1.807, 2.05) is 135 Å². The monoisotopic (exact) mass is 788 g/mol. The predicted molar refractivity (Wildman–Crippen MR) is 219 cm³/mol. The average molecular weight is 790 g/mol. The molecule has 56 heavy (non-hydrogen) atoms. The number of esters is 2. The molecule has 0 unspecified atom stereocenters. The summed E-state index contributed by atoms with van der Waals surface area (Å²) in [5, 5.41) is 1.30. The Hall–Kier alpha value is -5.70. The van der Waals surface area contributed by atoms with Crippen LogP contribution < -0.4 is 9.47 Å². The van der Waals surface area contributed by atoms with Crippen LogP contribution in [0.4, 0.5) is 0 Å². The summed E-state index contributed by atoms with van der Waals surface area (Å²) >= 11 is 12.4. The van der Waals surface area contributed by atoms with Crippen LogP contribution in [0.3, 0.4) is 0 Å². The first-order valence-corrected chi connectivity index (χ1v) is 19.2. The number of ether oxygens (including phenoxy) is 4. The maximum Gasteiger partial charge on any atom is 0.417 e. The Morgan fingerprint density at radius 2 is 0.946 bits per heavy atom. The van der Waals surface area contributed by atoms with E-state index in [2.05, 4.69) is 9.97 Å². The number of hydrogen-bond donors (Lipinski definition) is 0. The molecule has 0 aliphatic rings. The molecule has 10 heteroatoms. The maximum absolute atomic E-state index is 13.5. The van der Waals surface area contributed by atoms with Crippen LogP contribution in [0.25, 0.3) is 22.3 Å². The van der Waals surface area contributed by atoms with Crippen molar-refractivity contribution < 1.29 is 28.5 Å². The zero-order chi connectivity index (χ0) is 39.3. The first-order chi connectivity index (χ1) is 27.2. The number of pyridine rings is 2. The van der Waals surface area contributed by atoms with Gasteiger partial charge in [0.1, 0.15) is 35.9 Å². The van der Waals surface area contributed by atoms with Gasteiger partial charge in [-0.3, -0.25) is 9.97 Å². The molecule has 0 aliphatic carbocycles. The SMILES string of the molecule is C[C@H](Oc1ccc(-c2cccc(Cl)c2)cc1)[C@@H](CCc1cccnc1)OC(=O)C(=O)O[C@H](CCc1cccnc1)[C@H](C)Oc1ccc(-c2cccc(Cl)c2)cc1. The second-order valence-corrected chi connectivity index (χ2v) is 14.3. The fraction of sp³-hybridized carbons (Fsp3) is 0.217. The van der Waals surface area contributed by atoms with Gasteiger partial charge in [0.2, 0.25) is 0 Å². The molecule has 4 atom stereocenters. The number of aromatic nitrogens is 2. The zero-order valence-corrected chi connectivity index (χ0v) is 32.6. The molecule has 8 nitrogen and oxygen atoms in total. The number of halogens is 2. The van der Waals surface area contributed by atoms with E-state index < -0.39 is 36.4 Å². The molecule has 0 radical (unpaired) electrons. The fourth-order valence-corrected chi connectivity index (χ4v) is 6.61. The van der Waals surface area contributed by atoms with Crippen molar-refractivity contribution in [3.63, 3.8) is 0 Å². The van der Waals surface area contributed by atoms with Gasteiger partial charge in [0.15, 0.2) is 0 Å². The van der Waals surface area contributed by atoms with E-state index >= 15 is 0 Å². The van der Waals surface area contributed by atoms with Crippen molar-refractivity contribution in [3.8, 4) is 33.8 Å². The summed E-state index contributed by atoms with van der Waals surface area (Å²) in [4.78, 5) is 35.4. The number of benzene rings is 4. The molecule has 2 aromatic heterocycles. The Morgan fingerprint density at radius 3 is 1.30 bits per heavy atom. The van der Waals surface area contributed by atoms with Gasteiger partial charge >= 0.3 is 11.9 Å². The Kier molecular flexibility index (Phi) is 14.1. The third-order valence-corrected chi connectivity index (χ3v) is 9.75. The van der Waals surface area contributed by atoms with Gasteiger partial charge in [0, 0.05) is 34.8 Å². The van der Waals surface area contributed by atoms with Crippen LogP contribution >= 0.6 is 23.2 Å². The Bertz CT molecular complexity index is 2010. The van der Waals surface area contributed by atoms with Crippen LogP contribution in [0.1, 0.15) is 37.8 Å². The normalized spacial score (nSPS) is 13.1. The lowest BCUT2D eigenvalue weighted by Gasteiger charge is -2.27. The Labute approximate surface area is 337 Å². The number of nitrogens with zero attached hydrogens (tertiary/aromatic N) is 2. The first-order valence-electron chi connectivity index (χ1n) is 18.4. The molecule has 286 valence electrons. The van der Waals surface area contributed by atoms with E-state index in [1.165, 1.54) is 0 Å². The lowest BCUT2D eigenvalue weighted by Crippen LogP contribution is -2.40. The molecule has 2 heterocycles. The van der Waals surface area contributed by atoms with Gasteiger partial charge in [0.05, 0.1) is 0 Å². The van der Waals surface area contributed by atoms with E-state index in [1.54, 1.807) is 24.8 Å². The molecule has 0 saturated heterocycles. The minimum absolute atomic E-state index is 0.377. The summed E-state index contributed by atoms with van der Waals surface area (Å²) in [6.07, 6.45) is 5.93. The fourth-order valence-electron chi connectivity index (χ4n) is 6.23. The second-order valence-electron chi connectivity index (χ2n) is 13.4. The van der Waals surface area contributed by atoms with Crippen LogP contribution in [0.2, 0.25) is 10.0 Å². The van der Waals surface area contributed by atoms with Crippen molar-refractivity contribution in [2.75, 3.05) is 0 Å². The van der Waals surface area contributed by atoms with E-state index in [0.717, 1.165) is 33.4 Å². The van der Waals surface area contributed by atoms with E-state index in [-0.39, 0.29) is 0 Å². The van der Waals surface area contributed by atoms with E-state index in [4.69, 9.17) is 42.1 Å². The third-order valence-electron chi connectivity index (χ3n) is 9.28. The van der Waals surface area contributed by atoms with Crippen molar-refractivity contribution >= 4 is 35.1 Å². The highest BCUT2D eigenvalue weighted by molar-refractivity contribution is 6.31. The standard InChI is InChI=1S/C46H42Cl2N2O6/c1-31(53-41-19-15-35(16-20-41)37-9-3-11-39(47)27-37)43(23-13-33-7-5-25-49-29-33)55-45(51)46(52)56-44(24-14-34-8-6-26-50-30-34)32(2)54-42-21-17-36(18-22-42)38-10-4-12-40(48)28-38/h3-12,15-22,25-32,43-44H,13-14,23-24H2,1-2H3/t31-,32-,43+,44+/m0/s1.